The van der Waals surface area contributed by atoms with Crippen LogP contribution >= 0.6 is 0 Å². The van der Waals surface area contributed by atoms with Crippen LogP contribution < -0.4 is 5.73 Å². The Morgan fingerprint density at radius 1 is 1.25 bits per heavy atom. The first-order valence-corrected chi connectivity index (χ1v) is 4.13. The second-order valence-electron chi connectivity index (χ2n) is 2.54. The first-order valence-electron chi connectivity index (χ1n) is 4.13. The highest BCUT2D eigenvalue weighted by Gasteiger charge is 1.93. The summed E-state index contributed by atoms with van der Waals surface area (Å²) in [6, 6.07) is 0. The summed E-state index contributed by atoms with van der Waals surface area (Å²) in [5.74, 6) is 0. The molecule has 12 heavy (non-hydrogen) atoms. The molecule has 0 rings (SSSR count). The van der Waals surface area contributed by atoms with E-state index in [4.69, 9.17) is 5.73 Å². The van der Waals surface area contributed by atoms with Crippen LogP contribution in [0.25, 0.3) is 0 Å². The Bertz CT molecular complexity index is 136. The van der Waals surface area contributed by atoms with Crippen LogP contribution in [0.5, 0.6) is 0 Å². The monoisotopic (exact) mass is 173 g/mol. The molecule has 0 aromatic heterocycles. The maximum atomic E-state index is 10.1. The van der Waals surface area contributed by atoms with E-state index in [1.54, 1.807) is 0 Å². The van der Waals surface area contributed by atoms with Crippen LogP contribution in [0.3, 0.4) is 0 Å². The number of hydrogen-bond acceptors (Lipinski definition) is 3. The fourth-order valence-electron chi connectivity index (χ4n) is 0.856. The first kappa shape index (κ1) is 10.9. The molecule has 0 saturated heterocycles. The number of primary amides is 1. The van der Waals surface area contributed by atoms with E-state index >= 15 is 0 Å². The minimum atomic E-state index is -0.720. The van der Waals surface area contributed by atoms with Crippen LogP contribution in [0.1, 0.15) is 32.1 Å². The molecule has 0 unspecified atom stereocenters. The van der Waals surface area contributed by atoms with Gasteiger partial charge in [-0.05, 0) is 12.8 Å². The van der Waals surface area contributed by atoms with Gasteiger partial charge in [0.15, 0.2) is 0 Å². The number of aldehydes is 1. The zero-order chi connectivity index (χ0) is 9.23. The standard InChI is InChI=1S/C8H15NO3/c9-8(11)12-7-5-3-1-2-4-6-10/h6H,1-5,7H2,(H2,9,11). The summed E-state index contributed by atoms with van der Waals surface area (Å²) in [5.41, 5.74) is 4.75. The van der Waals surface area contributed by atoms with E-state index < -0.39 is 6.09 Å². The molecule has 0 aliphatic carbocycles. The van der Waals surface area contributed by atoms with Gasteiger partial charge in [0.2, 0.25) is 0 Å². The molecule has 0 spiro atoms. The molecule has 1 amide bonds. The number of amides is 1. The molecule has 0 heterocycles. The SMILES string of the molecule is NC(=O)OCCCCCCC=O. The lowest BCUT2D eigenvalue weighted by molar-refractivity contribution is -0.107. The maximum Gasteiger partial charge on any atom is 0.404 e. The van der Waals surface area contributed by atoms with Crippen LogP contribution in [0.2, 0.25) is 0 Å². The van der Waals surface area contributed by atoms with Gasteiger partial charge in [0.25, 0.3) is 0 Å². The van der Waals surface area contributed by atoms with Crippen molar-refractivity contribution >= 4 is 12.4 Å². The van der Waals surface area contributed by atoms with Crippen molar-refractivity contribution in [2.75, 3.05) is 6.61 Å². The summed E-state index contributed by atoms with van der Waals surface area (Å²) in [7, 11) is 0. The molecule has 4 heteroatoms. The van der Waals surface area contributed by atoms with Crippen molar-refractivity contribution in [3.63, 3.8) is 0 Å². The highest BCUT2D eigenvalue weighted by molar-refractivity contribution is 5.64. The number of carbonyl (C=O) groups excluding carboxylic acids is 2. The van der Waals surface area contributed by atoms with Gasteiger partial charge in [0.1, 0.15) is 6.29 Å². The minimum Gasteiger partial charge on any atom is -0.450 e. The zero-order valence-electron chi connectivity index (χ0n) is 7.12. The van der Waals surface area contributed by atoms with E-state index in [1.807, 2.05) is 0 Å². The van der Waals surface area contributed by atoms with E-state index in [9.17, 15) is 9.59 Å². The van der Waals surface area contributed by atoms with Crippen LogP contribution in [-0.2, 0) is 9.53 Å². The number of unbranched alkanes of at least 4 members (excludes halogenated alkanes) is 4. The summed E-state index contributed by atoms with van der Waals surface area (Å²) in [6.07, 6.45) is 4.53. The van der Waals surface area contributed by atoms with Gasteiger partial charge >= 0.3 is 6.09 Å². The van der Waals surface area contributed by atoms with Crippen molar-refractivity contribution in [1.29, 1.82) is 0 Å². The largest absolute Gasteiger partial charge is 0.450 e. The fourth-order valence-corrected chi connectivity index (χ4v) is 0.856. The van der Waals surface area contributed by atoms with Crippen LogP contribution in [0.4, 0.5) is 4.79 Å². The third-order valence-corrected chi connectivity index (χ3v) is 1.46. The number of hydrogen-bond donors (Lipinski definition) is 1. The maximum absolute atomic E-state index is 10.1. The first-order chi connectivity index (χ1) is 5.77. The summed E-state index contributed by atoms with van der Waals surface area (Å²) in [5, 5.41) is 0. The lowest BCUT2D eigenvalue weighted by Gasteiger charge is -1.99. The molecule has 0 radical (unpaired) electrons. The molecule has 0 aliphatic heterocycles. The third-order valence-electron chi connectivity index (χ3n) is 1.46. The molecule has 0 saturated carbocycles. The van der Waals surface area contributed by atoms with E-state index in [0.29, 0.717) is 13.0 Å². The molecular formula is C8H15NO3. The number of rotatable bonds is 7. The molecule has 0 fully saturated rings. The van der Waals surface area contributed by atoms with Gasteiger partial charge in [-0.15, -0.1) is 0 Å². The molecule has 0 bridgehead atoms. The Morgan fingerprint density at radius 2 is 1.92 bits per heavy atom. The molecule has 0 aromatic carbocycles. The lowest BCUT2D eigenvalue weighted by atomic mass is 10.2. The topological polar surface area (TPSA) is 69.4 Å². The summed E-state index contributed by atoms with van der Waals surface area (Å²) < 4.78 is 4.52. The highest BCUT2D eigenvalue weighted by Crippen LogP contribution is 2.01. The minimum absolute atomic E-state index is 0.385. The molecule has 70 valence electrons. The molecule has 4 nitrogen and oxygen atoms in total. The Labute approximate surface area is 72.1 Å². The second kappa shape index (κ2) is 8.04. The molecule has 0 aliphatic rings. The van der Waals surface area contributed by atoms with Crippen LogP contribution in [0.15, 0.2) is 0 Å². The van der Waals surface area contributed by atoms with Crippen molar-refractivity contribution in [3.8, 4) is 0 Å². The Balaban J connectivity index is 2.90. The Hall–Kier alpha value is -1.06. The Kier molecular flexibility index (Phi) is 7.33. The predicted octanol–water partition coefficient (Wildman–Crippen LogP) is 1.23. The van der Waals surface area contributed by atoms with E-state index in [0.717, 1.165) is 32.0 Å². The summed E-state index contributed by atoms with van der Waals surface area (Å²) >= 11 is 0. The van der Waals surface area contributed by atoms with Crippen LogP contribution in [-0.4, -0.2) is 19.0 Å². The number of nitrogens with two attached hydrogens (primary N) is 1. The normalized spacial score (nSPS) is 9.33. The summed E-state index contributed by atoms with van der Waals surface area (Å²) in [6.45, 7) is 0.385. The molecule has 2 N–H and O–H groups in total. The van der Waals surface area contributed by atoms with Gasteiger partial charge in [-0.3, -0.25) is 0 Å². The molecule has 0 aromatic rings. The average molecular weight is 173 g/mol. The third kappa shape index (κ3) is 8.94. The average Bonchev–Trinajstić information content (AvgIpc) is 2.02. The molecule has 0 atom stereocenters. The molecular weight excluding hydrogens is 158 g/mol. The van der Waals surface area contributed by atoms with E-state index in [-0.39, 0.29) is 0 Å². The van der Waals surface area contributed by atoms with Crippen molar-refractivity contribution in [2.24, 2.45) is 5.73 Å². The lowest BCUT2D eigenvalue weighted by Crippen LogP contribution is -2.13. The van der Waals surface area contributed by atoms with Crippen LogP contribution in [0, 0.1) is 0 Å². The van der Waals surface area contributed by atoms with Crippen molar-refractivity contribution < 1.29 is 14.3 Å². The fraction of sp³-hybridized carbons (Fsp3) is 0.750. The van der Waals surface area contributed by atoms with Crippen molar-refractivity contribution in [1.82, 2.24) is 0 Å². The van der Waals surface area contributed by atoms with E-state index in [1.165, 1.54) is 0 Å². The number of carbonyl (C=O) groups is 2. The van der Waals surface area contributed by atoms with Gasteiger partial charge < -0.3 is 15.3 Å². The van der Waals surface area contributed by atoms with Gasteiger partial charge in [0, 0.05) is 6.42 Å². The predicted molar refractivity (Wildman–Crippen MR) is 44.7 cm³/mol. The van der Waals surface area contributed by atoms with Gasteiger partial charge in [-0.1, -0.05) is 12.8 Å². The summed E-state index contributed by atoms with van der Waals surface area (Å²) in [4.78, 5) is 20.0. The Morgan fingerprint density at radius 3 is 2.50 bits per heavy atom. The smallest absolute Gasteiger partial charge is 0.404 e. The van der Waals surface area contributed by atoms with E-state index in [2.05, 4.69) is 4.74 Å². The van der Waals surface area contributed by atoms with Crippen molar-refractivity contribution in [3.05, 3.63) is 0 Å². The van der Waals surface area contributed by atoms with Gasteiger partial charge in [-0.25, -0.2) is 4.79 Å². The number of ether oxygens (including phenoxy) is 1. The zero-order valence-corrected chi connectivity index (χ0v) is 7.12. The highest BCUT2D eigenvalue weighted by atomic mass is 16.5. The van der Waals surface area contributed by atoms with Gasteiger partial charge in [-0.2, -0.15) is 0 Å². The quantitative estimate of drug-likeness (QED) is 0.465. The van der Waals surface area contributed by atoms with Gasteiger partial charge in [0.05, 0.1) is 6.61 Å². The second-order valence-corrected chi connectivity index (χ2v) is 2.54. The van der Waals surface area contributed by atoms with Crippen molar-refractivity contribution in [2.45, 2.75) is 32.1 Å².